The standard InChI is InChI=1S/C13H19N3O3S/c1-3-7-14-20(18,19)9-5-6-11-12(8-9)16-13(17)10(4-2)15-11/h5-6,8,10,14-15H,3-4,7H2,1-2H3,(H,16,17). The number of nitrogens with one attached hydrogen (secondary N) is 3. The minimum atomic E-state index is -3.52. The third-order valence-electron chi connectivity index (χ3n) is 3.16. The number of hydrogen-bond donors (Lipinski definition) is 3. The summed E-state index contributed by atoms with van der Waals surface area (Å²) in [5.41, 5.74) is 1.24. The Hall–Kier alpha value is -1.60. The number of fused-ring (bicyclic) bond motifs is 1. The number of carbonyl (C=O) groups excluding carboxylic acids is 1. The average molecular weight is 297 g/mol. The first-order valence-corrected chi connectivity index (χ1v) is 8.17. The smallest absolute Gasteiger partial charge is 0.246 e. The van der Waals surface area contributed by atoms with Crippen LogP contribution in [0, 0.1) is 0 Å². The van der Waals surface area contributed by atoms with Gasteiger partial charge in [-0.25, -0.2) is 13.1 Å². The van der Waals surface area contributed by atoms with E-state index >= 15 is 0 Å². The van der Waals surface area contributed by atoms with Crippen LogP contribution in [-0.2, 0) is 14.8 Å². The van der Waals surface area contributed by atoms with Crippen molar-refractivity contribution in [2.45, 2.75) is 37.6 Å². The van der Waals surface area contributed by atoms with Crippen molar-refractivity contribution in [2.75, 3.05) is 17.2 Å². The zero-order valence-corrected chi connectivity index (χ0v) is 12.4. The van der Waals surface area contributed by atoms with Gasteiger partial charge in [0.05, 0.1) is 16.3 Å². The quantitative estimate of drug-likeness (QED) is 0.769. The average Bonchev–Trinajstić information content (AvgIpc) is 2.43. The summed E-state index contributed by atoms with van der Waals surface area (Å²) in [5, 5.41) is 5.83. The number of carbonyl (C=O) groups is 1. The van der Waals surface area contributed by atoms with Crippen LogP contribution in [0.25, 0.3) is 0 Å². The van der Waals surface area contributed by atoms with Crippen LogP contribution in [0.5, 0.6) is 0 Å². The second-order valence-electron chi connectivity index (χ2n) is 4.70. The van der Waals surface area contributed by atoms with Gasteiger partial charge in [-0.1, -0.05) is 13.8 Å². The van der Waals surface area contributed by atoms with Gasteiger partial charge in [0, 0.05) is 6.54 Å². The molecule has 0 aliphatic carbocycles. The molecule has 0 aromatic heterocycles. The maximum atomic E-state index is 12.0. The normalized spacial score (nSPS) is 18.1. The molecule has 1 unspecified atom stereocenters. The molecule has 0 bridgehead atoms. The minimum absolute atomic E-state index is 0.143. The topological polar surface area (TPSA) is 87.3 Å². The molecule has 1 aliphatic rings. The van der Waals surface area contributed by atoms with E-state index in [2.05, 4.69) is 15.4 Å². The number of sulfonamides is 1. The molecular formula is C13H19N3O3S. The fourth-order valence-electron chi connectivity index (χ4n) is 2.00. The Morgan fingerprint density at radius 2 is 2.00 bits per heavy atom. The van der Waals surface area contributed by atoms with Crippen LogP contribution in [0.1, 0.15) is 26.7 Å². The van der Waals surface area contributed by atoms with Gasteiger partial charge in [0.2, 0.25) is 15.9 Å². The zero-order valence-electron chi connectivity index (χ0n) is 11.6. The van der Waals surface area contributed by atoms with Crippen molar-refractivity contribution in [1.82, 2.24) is 4.72 Å². The van der Waals surface area contributed by atoms with Gasteiger partial charge in [-0.2, -0.15) is 0 Å². The van der Waals surface area contributed by atoms with Gasteiger partial charge < -0.3 is 10.6 Å². The lowest BCUT2D eigenvalue weighted by molar-refractivity contribution is -0.117. The molecule has 1 heterocycles. The molecule has 1 aromatic rings. The predicted octanol–water partition coefficient (Wildman–Crippen LogP) is 1.52. The minimum Gasteiger partial charge on any atom is -0.372 e. The van der Waals surface area contributed by atoms with Crippen LogP contribution in [0.2, 0.25) is 0 Å². The number of amides is 1. The highest BCUT2D eigenvalue weighted by molar-refractivity contribution is 7.89. The van der Waals surface area contributed by atoms with Crippen molar-refractivity contribution in [2.24, 2.45) is 0 Å². The van der Waals surface area contributed by atoms with Crippen LogP contribution in [0.3, 0.4) is 0 Å². The van der Waals surface area contributed by atoms with E-state index in [1.807, 2.05) is 13.8 Å². The Morgan fingerprint density at radius 1 is 1.25 bits per heavy atom. The molecule has 110 valence electrons. The Bertz CT molecular complexity index is 613. The summed E-state index contributed by atoms with van der Waals surface area (Å²) in [5.74, 6) is -0.143. The van der Waals surface area contributed by atoms with Crippen molar-refractivity contribution >= 4 is 27.3 Å². The molecule has 0 radical (unpaired) electrons. The number of anilines is 2. The molecule has 0 saturated heterocycles. The largest absolute Gasteiger partial charge is 0.372 e. The maximum absolute atomic E-state index is 12.0. The van der Waals surface area contributed by atoms with E-state index in [1.54, 1.807) is 6.07 Å². The molecule has 0 saturated carbocycles. The van der Waals surface area contributed by atoms with Crippen LogP contribution in [-0.4, -0.2) is 26.9 Å². The SMILES string of the molecule is CCCNS(=O)(=O)c1ccc2c(c1)NC(=O)C(CC)N2. The highest BCUT2D eigenvalue weighted by atomic mass is 32.2. The van der Waals surface area contributed by atoms with Gasteiger partial charge >= 0.3 is 0 Å². The van der Waals surface area contributed by atoms with Crippen molar-refractivity contribution in [1.29, 1.82) is 0 Å². The first kappa shape index (κ1) is 14.8. The van der Waals surface area contributed by atoms with Crippen molar-refractivity contribution in [3.63, 3.8) is 0 Å². The Balaban J connectivity index is 2.29. The van der Waals surface area contributed by atoms with E-state index < -0.39 is 10.0 Å². The predicted molar refractivity (Wildman–Crippen MR) is 78.3 cm³/mol. The summed E-state index contributed by atoms with van der Waals surface area (Å²) >= 11 is 0. The number of rotatable bonds is 5. The molecule has 1 amide bonds. The van der Waals surface area contributed by atoms with Crippen LogP contribution < -0.4 is 15.4 Å². The lowest BCUT2D eigenvalue weighted by Gasteiger charge is -2.26. The van der Waals surface area contributed by atoms with Crippen molar-refractivity contribution in [3.05, 3.63) is 18.2 Å². The van der Waals surface area contributed by atoms with Gasteiger partial charge in [-0.3, -0.25) is 4.79 Å². The van der Waals surface area contributed by atoms with Crippen LogP contribution in [0.4, 0.5) is 11.4 Å². The van der Waals surface area contributed by atoms with E-state index in [0.29, 0.717) is 18.7 Å². The molecule has 0 spiro atoms. The zero-order chi connectivity index (χ0) is 14.8. The Kier molecular flexibility index (Phi) is 4.29. The summed E-state index contributed by atoms with van der Waals surface area (Å²) in [4.78, 5) is 11.9. The highest BCUT2D eigenvalue weighted by Gasteiger charge is 2.25. The summed E-state index contributed by atoms with van der Waals surface area (Å²) in [7, 11) is -3.52. The highest BCUT2D eigenvalue weighted by Crippen LogP contribution is 2.29. The van der Waals surface area contributed by atoms with Crippen LogP contribution >= 0.6 is 0 Å². The van der Waals surface area contributed by atoms with Crippen molar-refractivity contribution in [3.8, 4) is 0 Å². The summed E-state index contributed by atoms with van der Waals surface area (Å²) in [6, 6.07) is 4.42. The van der Waals surface area contributed by atoms with Gasteiger partial charge in [-0.05, 0) is 31.0 Å². The number of hydrogen-bond acceptors (Lipinski definition) is 4. The van der Waals surface area contributed by atoms with Crippen LogP contribution in [0.15, 0.2) is 23.1 Å². The summed E-state index contributed by atoms with van der Waals surface area (Å²) < 4.78 is 26.6. The Labute approximate surface area is 119 Å². The lowest BCUT2D eigenvalue weighted by atomic mass is 10.1. The van der Waals surface area contributed by atoms with E-state index in [9.17, 15) is 13.2 Å². The fraction of sp³-hybridized carbons (Fsp3) is 0.462. The molecular weight excluding hydrogens is 278 g/mol. The first-order valence-electron chi connectivity index (χ1n) is 6.69. The van der Waals surface area contributed by atoms with Crippen molar-refractivity contribution < 1.29 is 13.2 Å². The molecule has 6 nitrogen and oxygen atoms in total. The van der Waals surface area contributed by atoms with Gasteiger partial charge in [-0.15, -0.1) is 0 Å². The number of benzene rings is 1. The molecule has 0 fully saturated rings. The second-order valence-corrected chi connectivity index (χ2v) is 6.47. The molecule has 1 aromatic carbocycles. The molecule has 20 heavy (non-hydrogen) atoms. The molecule has 7 heteroatoms. The van der Waals surface area contributed by atoms with E-state index in [1.165, 1.54) is 12.1 Å². The van der Waals surface area contributed by atoms with E-state index in [4.69, 9.17) is 0 Å². The van der Waals surface area contributed by atoms with Gasteiger partial charge in [0.15, 0.2) is 0 Å². The molecule has 2 rings (SSSR count). The summed E-state index contributed by atoms with van der Waals surface area (Å²) in [6.45, 7) is 4.20. The third-order valence-corrected chi connectivity index (χ3v) is 4.61. The first-order chi connectivity index (χ1) is 9.47. The maximum Gasteiger partial charge on any atom is 0.246 e. The van der Waals surface area contributed by atoms with E-state index in [0.717, 1.165) is 12.1 Å². The molecule has 1 aliphatic heterocycles. The Morgan fingerprint density at radius 3 is 2.65 bits per heavy atom. The van der Waals surface area contributed by atoms with Gasteiger partial charge in [0.1, 0.15) is 6.04 Å². The second kappa shape index (κ2) is 5.80. The van der Waals surface area contributed by atoms with E-state index in [-0.39, 0.29) is 16.8 Å². The lowest BCUT2D eigenvalue weighted by Crippen LogP contribution is -2.38. The fourth-order valence-corrected chi connectivity index (χ4v) is 3.16. The van der Waals surface area contributed by atoms with Gasteiger partial charge in [0.25, 0.3) is 0 Å². The molecule has 1 atom stereocenters. The third kappa shape index (κ3) is 2.94. The molecule has 3 N–H and O–H groups in total. The summed E-state index contributed by atoms with van der Waals surface area (Å²) in [6.07, 6.45) is 1.39. The monoisotopic (exact) mass is 297 g/mol.